The van der Waals surface area contributed by atoms with Crippen LogP contribution in [0.2, 0.25) is 5.02 Å². The molecule has 4 nitrogen and oxygen atoms in total. The van der Waals surface area contributed by atoms with Gasteiger partial charge in [0.05, 0.1) is 6.10 Å². The van der Waals surface area contributed by atoms with Crippen LogP contribution in [0, 0.1) is 6.92 Å². The maximum absolute atomic E-state index is 12.0. The predicted octanol–water partition coefficient (Wildman–Crippen LogP) is 2.69. The molecule has 0 saturated heterocycles. The SMILES string of the molecule is Cc1cc(Cl)cc(C(=O)NCC(O)c2ccc(N)cc2)c1. The van der Waals surface area contributed by atoms with Crippen molar-refractivity contribution in [1.29, 1.82) is 0 Å². The van der Waals surface area contributed by atoms with Crippen molar-refractivity contribution < 1.29 is 9.90 Å². The van der Waals surface area contributed by atoms with E-state index in [4.69, 9.17) is 17.3 Å². The molecule has 0 bridgehead atoms. The Labute approximate surface area is 128 Å². The van der Waals surface area contributed by atoms with Gasteiger partial charge in [-0.15, -0.1) is 0 Å². The Morgan fingerprint density at radius 1 is 1.29 bits per heavy atom. The van der Waals surface area contributed by atoms with Crippen molar-refractivity contribution in [3.05, 3.63) is 64.2 Å². The molecule has 0 spiro atoms. The fraction of sp³-hybridized carbons (Fsp3) is 0.188. The molecule has 21 heavy (non-hydrogen) atoms. The summed E-state index contributed by atoms with van der Waals surface area (Å²) in [5.74, 6) is -0.268. The molecule has 0 aromatic heterocycles. The monoisotopic (exact) mass is 304 g/mol. The van der Waals surface area contributed by atoms with E-state index in [0.29, 0.717) is 21.8 Å². The van der Waals surface area contributed by atoms with Crippen molar-refractivity contribution in [3.8, 4) is 0 Å². The Morgan fingerprint density at radius 3 is 2.57 bits per heavy atom. The number of rotatable bonds is 4. The van der Waals surface area contributed by atoms with E-state index < -0.39 is 6.10 Å². The lowest BCUT2D eigenvalue weighted by Crippen LogP contribution is -2.28. The summed E-state index contributed by atoms with van der Waals surface area (Å²) >= 11 is 5.93. The quantitative estimate of drug-likeness (QED) is 0.760. The fourth-order valence-electron chi connectivity index (χ4n) is 1.99. The minimum atomic E-state index is -0.783. The van der Waals surface area contributed by atoms with Crippen LogP contribution in [0.25, 0.3) is 0 Å². The van der Waals surface area contributed by atoms with E-state index in [2.05, 4.69) is 5.32 Å². The summed E-state index contributed by atoms with van der Waals surface area (Å²) in [5.41, 5.74) is 8.30. The van der Waals surface area contributed by atoms with E-state index in [1.54, 1.807) is 42.5 Å². The molecule has 4 N–H and O–H groups in total. The van der Waals surface area contributed by atoms with Gasteiger partial charge in [-0.2, -0.15) is 0 Å². The van der Waals surface area contributed by atoms with Gasteiger partial charge in [-0.05, 0) is 48.4 Å². The van der Waals surface area contributed by atoms with Gasteiger partial charge >= 0.3 is 0 Å². The zero-order valence-corrected chi connectivity index (χ0v) is 12.4. The second kappa shape index (κ2) is 6.61. The van der Waals surface area contributed by atoms with Crippen LogP contribution < -0.4 is 11.1 Å². The molecule has 2 aromatic rings. The maximum Gasteiger partial charge on any atom is 0.251 e. The number of hydrogen-bond donors (Lipinski definition) is 3. The summed E-state index contributed by atoms with van der Waals surface area (Å²) in [7, 11) is 0. The Morgan fingerprint density at radius 2 is 1.95 bits per heavy atom. The summed E-state index contributed by atoms with van der Waals surface area (Å²) in [6.45, 7) is 1.99. The molecule has 110 valence electrons. The van der Waals surface area contributed by atoms with Crippen LogP contribution in [-0.4, -0.2) is 17.6 Å². The Balaban J connectivity index is 1.98. The standard InChI is InChI=1S/C16H17ClN2O2/c1-10-6-12(8-13(17)7-10)16(21)19-9-15(20)11-2-4-14(18)5-3-11/h2-8,15,20H,9,18H2,1H3,(H,19,21). The molecule has 0 heterocycles. The molecule has 0 aliphatic rings. The van der Waals surface area contributed by atoms with Crippen LogP contribution in [0.5, 0.6) is 0 Å². The Kier molecular flexibility index (Phi) is 4.83. The maximum atomic E-state index is 12.0. The van der Waals surface area contributed by atoms with Crippen LogP contribution in [0.3, 0.4) is 0 Å². The second-order valence-corrected chi connectivity index (χ2v) is 5.35. The number of aliphatic hydroxyl groups is 1. The van der Waals surface area contributed by atoms with Crippen molar-refractivity contribution in [1.82, 2.24) is 5.32 Å². The predicted molar refractivity (Wildman–Crippen MR) is 84.3 cm³/mol. The number of benzene rings is 2. The minimum absolute atomic E-state index is 0.119. The van der Waals surface area contributed by atoms with Gasteiger partial charge < -0.3 is 16.2 Å². The molecular weight excluding hydrogens is 288 g/mol. The normalized spacial score (nSPS) is 12.0. The van der Waals surface area contributed by atoms with Gasteiger partial charge in [0.1, 0.15) is 0 Å². The Hall–Kier alpha value is -2.04. The number of aryl methyl sites for hydroxylation is 1. The summed E-state index contributed by atoms with van der Waals surface area (Å²) in [6, 6.07) is 12.0. The number of anilines is 1. The van der Waals surface area contributed by atoms with Gasteiger partial charge in [-0.3, -0.25) is 4.79 Å². The highest BCUT2D eigenvalue weighted by Gasteiger charge is 2.11. The van der Waals surface area contributed by atoms with Gasteiger partial charge in [0.2, 0.25) is 0 Å². The molecule has 1 atom stereocenters. The average molecular weight is 305 g/mol. The summed E-state index contributed by atoms with van der Waals surface area (Å²) in [4.78, 5) is 12.0. The van der Waals surface area contributed by atoms with Crippen LogP contribution in [0.4, 0.5) is 5.69 Å². The number of nitrogen functional groups attached to an aromatic ring is 1. The van der Waals surface area contributed by atoms with E-state index in [1.807, 2.05) is 6.92 Å². The number of hydrogen-bond acceptors (Lipinski definition) is 3. The van der Waals surface area contributed by atoms with Crippen LogP contribution in [0.1, 0.15) is 27.6 Å². The average Bonchev–Trinajstić information content (AvgIpc) is 2.44. The van der Waals surface area contributed by atoms with E-state index in [0.717, 1.165) is 5.56 Å². The van der Waals surface area contributed by atoms with Crippen molar-refractivity contribution in [3.63, 3.8) is 0 Å². The minimum Gasteiger partial charge on any atom is -0.399 e. The molecule has 0 fully saturated rings. The van der Waals surface area contributed by atoms with Gasteiger partial charge in [-0.25, -0.2) is 0 Å². The number of carbonyl (C=O) groups is 1. The summed E-state index contributed by atoms with van der Waals surface area (Å²) in [5, 5.41) is 13.2. The third-order valence-electron chi connectivity index (χ3n) is 3.08. The number of nitrogens with two attached hydrogens (primary N) is 1. The largest absolute Gasteiger partial charge is 0.399 e. The highest BCUT2D eigenvalue weighted by atomic mass is 35.5. The lowest BCUT2D eigenvalue weighted by molar-refractivity contribution is 0.0916. The highest BCUT2D eigenvalue weighted by Crippen LogP contribution is 2.16. The number of amides is 1. The van der Waals surface area contributed by atoms with Crippen LogP contribution in [0.15, 0.2) is 42.5 Å². The van der Waals surface area contributed by atoms with Gasteiger partial charge in [0.15, 0.2) is 0 Å². The van der Waals surface area contributed by atoms with Crippen molar-refractivity contribution >= 4 is 23.2 Å². The first kappa shape index (κ1) is 15.4. The van der Waals surface area contributed by atoms with Crippen LogP contribution >= 0.6 is 11.6 Å². The summed E-state index contributed by atoms with van der Waals surface area (Å²) < 4.78 is 0. The number of nitrogens with one attached hydrogen (secondary N) is 1. The zero-order chi connectivity index (χ0) is 15.4. The van der Waals surface area contributed by atoms with E-state index in [9.17, 15) is 9.90 Å². The lowest BCUT2D eigenvalue weighted by Gasteiger charge is -2.13. The van der Waals surface area contributed by atoms with Crippen molar-refractivity contribution in [2.45, 2.75) is 13.0 Å². The zero-order valence-electron chi connectivity index (χ0n) is 11.6. The first-order valence-corrected chi connectivity index (χ1v) is 6.92. The lowest BCUT2D eigenvalue weighted by atomic mass is 10.1. The van der Waals surface area contributed by atoms with Gasteiger partial charge in [-0.1, -0.05) is 23.7 Å². The molecule has 0 aliphatic heterocycles. The Bertz CT molecular complexity index is 621. The number of carbonyl (C=O) groups excluding carboxylic acids is 1. The van der Waals surface area contributed by atoms with Gasteiger partial charge in [0.25, 0.3) is 5.91 Å². The second-order valence-electron chi connectivity index (χ2n) is 4.91. The number of aliphatic hydroxyl groups excluding tert-OH is 1. The third kappa shape index (κ3) is 4.21. The molecule has 2 aromatic carbocycles. The topological polar surface area (TPSA) is 75.3 Å². The van der Waals surface area contributed by atoms with Crippen molar-refractivity contribution in [2.24, 2.45) is 0 Å². The van der Waals surface area contributed by atoms with E-state index >= 15 is 0 Å². The molecule has 5 heteroatoms. The molecule has 1 unspecified atom stereocenters. The summed E-state index contributed by atoms with van der Waals surface area (Å²) in [6.07, 6.45) is -0.783. The van der Waals surface area contributed by atoms with E-state index in [-0.39, 0.29) is 12.5 Å². The smallest absolute Gasteiger partial charge is 0.251 e. The molecule has 2 rings (SSSR count). The van der Waals surface area contributed by atoms with Crippen LogP contribution in [-0.2, 0) is 0 Å². The van der Waals surface area contributed by atoms with Crippen molar-refractivity contribution in [2.75, 3.05) is 12.3 Å². The number of halogens is 1. The molecule has 1 amide bonds. The molecule has 0 radical (unpaired) electrons. The first-order chi connectivity index (χ1) is 9.95. The highest BCUT2D eigenvalue weighted by molar-refractivity contribution is 6.31. The van der Waals surface area contributed by atoms with E-state index in [1.165, 1.54) is 0 Å². The molecule has 0 aliphatic carbocycles. The molecular formula is C16H17ClN2O2. The third-order valence-corrected chi connectivity index (χ3v) is 3.30. The van der Waals surface area contributed by atoms with Gasteiger partial charge in [0, 0.05) is 22.8 Å². The first-order valence-electron chi connectivity index (χ1n) is 6.54. The molecule has 0 saturated carbocycles. The fourth-order valence-corrected chi connectivity index (χ4v) is 2.28.